The number of rotatable bonds is 1. The Balaban J connectivity index is 2.33. The van der Waals surface area contributed by atoms with E-state index in [1.807, 2.05) is 0 Å². The number of fused-ring (bicyclic) bond motifs is 1. The van der Waals surface area contributed by atoms with Crippen LogP contribution in [0.15, 0.2) is 41.0 Å². The van der Waals surface area contributed by atoms with Gasteiger partial charge >= 0.3 is 0 Å². The van der Waals surface area contributed by atoms with Gasteiger partial charge < -0.3 is 0 Å². The Morgan fingerprint density at radius 3 is 2.53 bits per heavy atom. The Morgan fingerprint density at radius 1 is 1.00 bits per heavy atom. The summed E-state index contributed by atoms with van der Waals surface area (Å²) >= 11 is 3.55. The molecular formula is C16H15BrN2. The molecule has 0 saturated heterocycles. The summed E-state index contributed by atoms with van der Waals surface area (Å²) in [5, 5.41) is 0. The minimum absolute atomic E-state index is 0.893. The molecule has 0 N–H and O–H groups in total. The Kier molecular flexibility index (Phi) is 2.94. The summed E-state index contributed by atoms with van der Waals surface area (Å²) in [6.07, 6.45) is 0. The van der Waals surface area contributed by atoms with Crippen LogP contribution in [0, 0.1) is 20.8 Å². The Morgan fingerprint density at radius 2 is 1.79 bits per heavy atom. The molecule has 0 spiro atoms. The van der Waals surface area contributed by atoms with Crippen LogP contribution in [0.3, 0.4) is 0 Å². The van der Waals surface area contributed by atoms with Crippen LogP contribution in [0.1, 0.15) is 16.8 Å². The first kappa shape index (κ1) is 12.4. The Labute approximate surface area is 121 Å². The fourth-order valence-electron chi connectivity index (χ4n) is 2.33. The summed E-state index contributed by atoms with van der Waals surface area (Å²) in [7, 11) is 0. The third-order valence-electron chi connectivity index (χ3n) is 3.58. The maximum absolute atomic E-state index is 4.67. The highest BCUT2D eigenvalue weighted by molar-refractivity contribution is 9.10. The first-order valence-electron chi connectivity index (χ1n) is 6.29. The number of hydrogen-bond acceptors (Lipinski definition) is 1. The summed E-state index contributed by atoms with van der Waals surface area (Å²) < 4.78 is 3.08. The predicted octanol–water partition coefficient (Wildman–Crippen LogP) is 4.69. The van der Waals surface area contributed by atoms with Crippen LogP contribution >= 0.6 is 15.9 Å². The van der Waals surface area contributed by atoms with E-state index in [-0.39, 0.29) is 0 Å². The van der Waals surface area contributed by atoms with Gasteiger partial charge in [0.2, 0.25) is 0 Å². The molecule has 0 aliphatic carbocycles. The fraction of sp³-hybridized carbons (Fsp3) is 0.188. The number of pyridine rings is 1. The van der Waals surface area contributed by atoms with Crippen LogP contribution < -0.4 is 0 Å². The number of imidazole rings is 1. The highest BCUT2D eigenvalue weighted by atomic mass is 79.9. The summed E-state index contributed by atoms with van der Waals surface area (Å²) in [5.74, 6) is 0.989. The zero-order chi connectivity index (χ0) is 13.6. The van der Waals surface area contributed by atoms with E-state index in [0.29, 0.717) is 0 Å². The summed E-state index contributed by atoms with van der Waals surface area (Å²) in [6, 6.07) is 12.7. The molecule has 0 radical (unpaired) electrons. The molecule has 2 nitrogen and oxygen atoms in total. The summed E-state index contributed by atoms with van der Waals surface area (Å²) in [5.41, 5.74) is 6.04. The second kappa shape index (κ2) is 4.49. The van der Waals surface area contributed by atoms with Crippen molar-refractivity contribution in [1.29, 1.82) is 0 Å². The molecular weight excluding hydrogens is 300 g/mol. The Bertz CT molecular complexity index is 772. The van der Waals surface area contributed by atoms with Gasteiger partial charge in [0.1, 0.15) is 10.4 Å². The molecule has 0 fully saturated rings. The van der Waals surface area contributed by atoms with Crippen molar-refractivity contribution in [3.63, 3.8) is 0 Å². The Hall–Kier alpha value is -1.61. The molecule has 0 atom stereocenters. The molecule has 3 aromatic rings. The largest absolute Gasteiger partial charge is 0.296 e. The van der Waals surface area contributed by atoms with E-state index < -0.39 is 0 Å². The maximum atomic E-state index is 4.67. The molecule has 96 valence electrons. The molecule has 0 unspecified atom stereocenters. The first-order chi connectivity index (χ1) is 9.08. The van der Waals surface area contributed by atoms with Crippen molar-refractivity contribution in [3.8, 4) is 11.4 Å². The van der Waals surface area contributed by atoms with E-state index in [4.69, 9.17) is 0 Å². The lowest BCUT2D eigenvalue weighted by molar-refractivity contribution is 1.08. The maximum Gasteiger partial charge on any atom is 0.146 e. The number of halogens is 1. The van der Waals surface area contributed by atoms with E-state index in [2.05, 4.69) is 82.5 Å². The van der Waals surface area contributed by atoms with Gasteiger partial charge in [-0.15, -0.1) is 0 Å². The number of aromatic nitrogens is 2. The predicted molar refractivity (Wildman–Crippen MR) is 82.5 cm³/mol. The van der Waals surface area contributed by atoms with Crippen LogP contribution in [0.4, 0.5) is 0 Å². The third kappa shape index (κ3) is 1.98. The highest BCUT2D eigenvalue weighted by Gasteiger charge is 2.12. The zero-order valence-corrected chi connectivity index (χ0v) is 12.8. The first-order valence-corrected chi connectivity index (χ1v) is 7.08. The normalized spacial score (nSPS) is 11.2. The lowest BCUT2D eigenvalue weighted by atomic mass is 10.1. The molecule has 2 aromatic heterocycles. The molecule has 0 aliphatic heterocycles. The minimum Gasteiger partial charge on any atom is -0.296 e. The second-order valence-electron chi connectivity index (χ2n) is 4.91. The molecule has 19 heavy (non-hydrogen) atoms. The molecule has 0 bridgehead atoms. The van der Waals surface area contributed by atoms with Crippen LogP contribution in [0.5, 0.6) is 0 Å². The van der Waals surface area contributed by atoms with E-state index in [1.165, 1.54) is 16.8 Å². The van der Waals surface area contributed by atoms with Crippen molar-refractivity contribution < 1.29 is 0 Å². The topological polar surface area (TPSA) is 17.3 Å². The molecule has 0 saturated carbocycles. The van der Waals surface area contributed by atoms with Gasteiger partial charge in [-0.3, -0.25) is 4.40 Å². The zero-order valence-electron chi connectivity index (χ0n) is 11.2. The van der Waals surface area contributed by atoms with Gasteiger partial charge in [-0.1, -0.05) is 18.2 Å². The van der Waals surface area contributed by atoms with Gasteiger partial charge in [0, 0.05) is 11.3 Å². The quantitative estimate of drug-likeness (QED) is 0.637. The molecule has 3 rings (SSSR count). The summed E-state index contributed by atoms with van der Waals surface area (Å²) in [4.78, 5) is 4.67. The minimum atomic E-state index is 0.893. The number of benzene rings is 1. The van der Waals surface area contributed by atoms with E-state index in [9.17, 15) is 0 Å². The molecule has 2 heterocycles. The van der Waals surface area contributed by atoms with Crippen LogP contribution in [-0.2, 0) is 0 Å². The van der Waals surface area contributed by atoms with Gasteiger partial charge in [-0.05, 0) is 66.0 Å². The summed E-state index contributed by atoms with van der Waals surface area (Å²) in [6.45, 7) is 6.37. The van der Waals surface area contributed by atoms with Crippen molar-refractivity contribution in [3.05, 3.63) is 57.8 Å². The highest BCUT2D eigenvalue weighted by Crippen LogP contribution is 2.28. The van der Waals surface area contributed by atoms with Crippen molar-refractivity contribution >= 4 is 21.4 Å². The lowest BCUT2D eigenvalue weighted by Crippen LogP contribution is -1.94. The molecule has 3 heteroatoms. The average molecular weight is 315 g/mol. The van der Waals surface area contributed by atoms with Gasteiger partial charge in [-0.2, -0.15) is 0 Å². The SMILES string of the molecule is Cc1ccc(-c2nc(Br)c3cccc(C)n23)cc1C. The molecule has 0 aliphatic rings. The van der Waals surface area contributed by atoms with Gasteiger partial charge in [0.05, 0.1) is 5.52 Å². The monoisotopic (exact) mass is 314 g/mol. The second-order valence-corrected chi connectivity index (χ2v) is 5.66. The standard InChI is InChI=1S/C16H15BrN2/c1-10-7-8-13(9-11(10)2)16-18-15(17)14-6-4-5-12(3)19(14)16/h4-9H,1-3H3. The van der Waals surface area contributed by atoms with Crippen LogP contribution in [-0.4, -0.2) is 9.38 Å². The van der Waals surface area contributed by atoms with Crippen molar-refractivity contribution in [1.82, 2.24) is 9.38 Å². The van der Waals surface area contributed by atoms with E-state index in [1.54, 1.807) is 0 Å². The number of aryl methyl sites for hydroxylation is 3. The van der Waals surface area contributed by atoms with Crippen molar-refractivity contribution in [2.75, 3.05) is 0 Å². The van der Waals surface area contributed by atoms with Crippen molar-refractivity contribution in [2.45, 2.75) is 20.8 Å². The molecule has 1 aromatic carbocycles. The van der Waals surface area contributed by atoms with Crippen LogP contribution in [0.25, 0.3) is 16.9 Å². The van der Waals surface area contributed by atoms with Crippen LogP contribution in [0.2, 0.25) is 0 Å². The molecule has 0 amide bonds. The number of nitrogens with zero attached hydrogens (tertiary/aromatic N) is 2. The van der Waals surface area contributed by atoms with E-state index >= 15 is 0 Å². The van der Waals surface area contributed by atoms with Gasteiger partial charge in [-0.25, -0.2) is 4.98 Å². The third-order valence-corrected chi connectivity index (χ3v) is 4.16. The average Bonchev–Trinajstić information content (AvgIpc) is 2.72. The lowest BCUT2D eigenvalue weighted by Gasteiger charge is -2.07. The van der Waals surface area contributed by atoms with Gasteiger partial charge in [0.15, 0.2) is 0 Å². The fourth-order valence-corrected chi connectivity index (χ4v) is 2.81. The van der Waals surface area contributed by atoms with E-state index in [0.717, 1.165) is 21.5 Å². The number of hydrogen-bond donors (Lipinski definition) is 0. The van der Waals surface area contributed by atoms with Gasteiger partial charge in [0.25, 0.3) is 0 Å². The van der Waals surface area contributed by atoms with Crippen molar-refractivity contribution in [2.24, 2.45) is 0 Å². The smallest absolute Gasteiger partial charge is 0.146 e.